The van der Waals surface area contributed by atoms with Gasteiger partial charge in [-0.25, -0.2) is 14.3 Å². The topological polar surface area (TPSA) is 74.3 Å². The highest BCUT2D eigenvalue weighted by molar-refractivity contribution is 5.92. The summed E-state index contributed by atoms with van der Waals surface area (Å²) in [6.07, 6.45) is 6.35. The molecule has 21 heavy (non-hydrogen) atoms. The van der Waals surface area contributed by atoms with E-state index in [0.29, 0.717) is 22.7 Å². The van der Waals surface area contributed by atoms with E-state index in [4.69, 9.17) is 4.74 Å². The van der Waals surface area contributed by atoms with E-state index < -0.39 is 5.97 Å². The van der Waals surface area contributed by atoms with Gasteiger partial charge in [0.1, 0.15) is 0 Å². The van der Waals surface area contributed by atoms with Crippen LogP contribution in [0.25, 0.3) is 5.65 Å². The van der Waals surface area contributed by atoms with Crippen molar-refractivity contribution < 1.29 is 9.53 Å². The third-order valence-electron chi connectivity index (χ3n) is 3.19. The van der Waals surface area contributed by atoms with E-state index in [0.717, 1.165) is 0 Å². The van der Waals surface area contributed by atoms with E-state index >= 15 is 0 Å². The molecule has 0 atom stereocenters. The summed E-state index contributed by atoms with van der Waals surface area (Å²) in [6.45, 7) is 5.80. The maximum Gasteiger partial charge on any atom is 0.347 e. The summed E-state index contributed by atoms with van der Waals surface area (Å²) in [4.78, 5) is 16.4. The zero-order valence-electron chi connectivity index (χ0n) is 12.0. The first-order chi connectivity index (χ1) is 10.1. The van der Waals surface area contributed by atoms with Crippen molar-refractivity contribution in [1.82, 2.24) is 24.4 Å². The fourth-order valence-electron chi connectivity index (χ4n) is 2.01. The van der Waals surface area contributed by atoms with Crippen molar-refractivity contribution in [2.75, 3.05) is 0 Å². The zero-order chi connectivity index (χ0) is 15.0. The number of ether oxygens (including phenoxy) is 1. The molecule has 0 aliphatic rings. The highest BCUT2D eigenvalue weighted by Crippen LogP contribution is 2.16. The Kier molecular flexibility index (Phi) is 3.17. The monoisotopic (exact) mass is 285 g/mol. The number of aromatic nitrogens is 5. The lowest BCUT2D eigenvalue weighted by atomic mass is 10.2. The Bertz CT molecular complexity index is 803. The summed E-state index contributed by atoms with van der Waals surface area (Å²) in [5.41, 5.74) is 1.76. The van der Waals surface area contributed by atoms with Gasteiger partial charge in [-0.2, -0.15) is 10.2 Å². The van der Waals surface area contributed by atoms with Crippen LogP contribution in [0.3, 0.4) is 0 Å². The number of hydrogen-bond acceptors (Lipinski definition) is 5. The van der Waals surface area contributed by atoms with Gasteiger partial charge in [-0.15, -0.1) is 0 Å². The minimum Gasteiger partial charge on any atom is -0.419 e. The Morgan fingerprint density at radius 2 is 2.10 bits per heavy atom. The number of nitrogens with zero attached hydrogens (tertiary/aromatic N) is 5. The predicted molar refractivity (Wildman–Crippen MR) is 75.3 cm³/mol. The van der Waals surface area contributed by atoms with Crippen molar-refractivity contribution in [2.45, 2.75) is 26.8 Å². The normalized spacial score (nSPS) is 11.2. The Balaban J connectivity index is 1.87. The second kappa shape index (κ2) is 5.01. The van der Waals surface area contributed by atoms with Crippen LogP contribution in [-0.4, -0.2) is 30.3 Å². The molecule has 3 rings (SSSR count). The van der Waals surface area contributed by atoms with Crippen LogP contribution in [0.5, 0.6) is 5.75 Å². The molecule has 3 heterocycles. The zero-order valence-corrected chi connectivity index (χ0v) is 12.0. The first-order valence-electron chi connectivity index (χ1n) is 6.62. The van der Waals surface area contributed by atoms with Gasteiger partial charge in [0.2, 0.25) is 0 Å². The maximum atomic E-state index is 12.2. The summed E-state index contributed by atoms with van der Waals surface area (Å²) in [5, 5.41) is 8.26. The maximum absolute atomic E-state index is 12.2. The molecular weight excluding hydrogens is 270 g/mol. The molecule has 3 aromatic heterocycles. The van der Waals surface area contributed by atoms with Gasteiger partial charge in [0, 0.05) is 18.3 Å². The number of carbonyl (C=O) groups is 1. The summed E-state index contributed by atoms with van der Waals surface area (Å²) in [5.74, 6) is -0.0608. The lowest BCUT2D eigenvalue weighted by Gasteiger charge is -2.06. The summed E-state index contributed by atoms with van der Waals surface area (Å²) >= 11 is 0. The molecule has 0 amide bonds. The van der Waals surface area contributed by atoms with Crippen molar-refractivity contribution in [1.29, 1.82) is 0 Å². The van der Waals surface area contributed by atoms with Crippen molar-refractivity contribution in [2.24, 2.45) is 0 Å². The fraction of sp³-hybridized carbons (Fsp3) is 0.286. The minimum atomic E-state index is -0.472. The first kappa shape index (κ1) is 13.3. The molecule has 0 fully saturated rings. The lowest BCUT2D eigenvalue weighted by molar-refractivity contribution is 0.0732. The molecule has 0 spiro atoms. The minimum absolute atomic E-state index is 0.210. The smallest absolute Gasteiger partial charge is 0.347 e. The Morgan fingerprint density at radius 3 is 2.81 bits per heavy atom. The average molecular weight is 285 g/mol. The Hall–Kier alpha value is -2.70. The molecule has 7 nitrogen and oxygen atoms in total. The summed E-state index contributed by atoms with van der Waals surface area (Å²) in [7, 11) is 0. The fourth-order valence-corrected chi connectivity index (χ4v) is 2.01. The number of esters is 1. The van der Waals surface area contributed by atoms with Crippen LogP contribution in [0.1, 0.15) is 35.9 Å². The van der Waals surface area contributed by atoms with Crippen LogP contribution in [0.2, 0.25) is 0 Å². The Morgan fingerprint density at radius 1 is 1.29 bits per heavy atom. The molecule has 0 N–H and O–H groups in total. The standard InChI is InChI=1S/C14H15N5O2/c1-9(2)18-8-11(6-17-18)21-14(20)12-7-15-13-4-5-16-19(13)10(12)3/h4-9H,1-3H3. The molecule has 7 heteroatoms. The van der Waals surface area contributed by atoms with E-state index in [1.165, 1.54) is 12.4 Å². The molecule has 0 aliphatic heterocycles. The number of carbonyl (C=O) groups excluding carboxylic acids is 1. The average Bonchev–Trinajstić information content (AvgIpc) is 3.07. The molecule has 0 aliphatic carbocycles. The molecule has 0 saturated carbocycles. The van der Waals surface area contributed by atoms with Crippen LogP contribution in [0.4, 0.5) is 0 Å². The number of rotatable bonds is 3. The van der Waals surface area contributed by atoms with Gasteiger partial charge < -0.3 is 4.74 Å². The molecule has 3 aromatic rings. The molecule has 0 unspecified atom stereocenters. The highest BCUT2D eigenvalue weighted by Gasteiger charge is 2.16. The van der Waals surface area contributed by atoms with Crippen molar-refractivity contribution in [3.8, 4) is 5.75 Å². The Labute approximate surface area is 121 Å². The number of hydrogen-bond donors (Lipinski definition) is 0. The van der Waals surface area contributed by atoms with Crippen LogP contribution in [-0.2, 0) is 0 Å². The van der Waals surface area contributed by atoms with Gasteiger partial charge in [0.25, 0.3) is 0 Å². The van der Waals surface area contributed by atoms with Crippen molar-refractivity contribution in [3.05, 3.63) is 42.1 Å². The van der Waals surface area contributed by atoms with E-state index in [2.05, 4.69) is 15.2 Å². The molecule has 0 radical (unpaired) electrons. The van der Waals surface area contributed by atoms with Gasteiger partial charge in [0.05, 0.1) is 29.8 Å². The first-order valence-corrected chi connectivity index (χ1v) is 6.62. The van der Waals surface area contributed by atoms with Gasteiger partial charge >= 0.3 is 5.97 Å². The van der Waals surface area contributed by atoms with Gasteiger partial charge in [0.15, 0.2) is 11.4 Å². The van der Waals surface area contributed by atoms with E-state index in [1.54, 1.807) is 34.6 Å². The lowest BCUT2D eigenvalue weighted by Crippen LogP contribution is -2.13. The van der Waals surface area contributed by atoms with Crippen LogP contribution >= 0.6 is 0 Å². The molecule has 108 valence electrons. The molecule has 0 aromatic carbocycles. The SMILES string of the molecule is Cc1c(C(=O)Oc2cnn(C(C)C)c2)cnc2ccnn12. The van der Waals surface area contributed by atoms with Crippen molar-refractivity contribution >= 4 is 11.6 Å². The molecular formula is C14H15N5O2. The van der Waals surface area contributed by atoms with Crippen LogP contribution in [0, 0.1) is 6.92 Å². The predicted octanol–water partition coefficient (Wildman–Crippen LogP) is 2.03. The third-order valence-corrected chi connectivity index (χ3v) is 3.19. The van der Waals surface area contributed by atoms with Crippen LogP contribution < -0.4 is 4.74 Å². The molecule has 0 saturated heterocycles. The van der Waals surface area contributed by atoms with E-state index in [1.807, 2.05) is 13.8 Å². The summed E-state index contributed by atoms with van der Waals surface area (Å²) in [6, 6.07) is 1.98. The highest BCUT2D eigenvalue weighted by atomic mass is 16.5. The largest absolute Gasteiger partial charge is 0.419 e. The quantitative estimate of drug-likeness (QED) is 0.688. The van der Waals surface area contributed by atoms with Gasteiger partial charge in [-0.05, 0) is 20.8 Å². The third kappa shape index (κ3) is 2.37. The second-order valence-corrected chi connectivity index (χ2v) is 5.00. The van der Waals surface area contributed by atoms with Crippen molar-refractivity contribution in [3.63, 3.8) is 0 Å². The van der Waals surface area contributed by atoms with E-state index in [-0.39, 0.29) is 6.04 Å². The van der Waals surface area contributed by atoms with Gasteiger partial charge in [-0.3, -0.25) is 4.68 Å². The number of aryl methyl sites for hydroxylation is 1. The molecule has 0 bridgehead atoms. The van der Waals surface area contributed by atoms with Gasteiger partial charge in [-0.1, -0.05) is 0 Å². The van der Waals surface area contributed by atoms with E-state index in [9.17, 15) is 4.79 Å². The van der Waals surface area contributed by atoms with Crippen LogP contribution in [0.15, 0.2) is 30.9 Å². The number of fused-ring (bicyclic) bond motifs is 1. The summed E-state index contributed by atoms with van der Waals surface area (Å²) < 4.78 is 8.67. The second-order valence-electron chi connectivity index (χ2n) is 5.00.